The van der Waals surface area contributed by atoms with Crippen LogP contribution in [0.3, 0.4) is 0 Å². The fourth-order valence-corrected chi connectivity index (χ4v) is 5.06. The molecule has 8 heteroatoms. The van der Waals surface area contributed by atoms with Gasteiger partial charge in [-0.2, -0.15) is 0 Å². The average Bonchev–Trinajstić information content (AvgIpc) is 3.37. The molecule has 2 aliphatic rings. The number of aliphatic carboxylic acids is 2. The number of carboxylic acids is 2. The molecule has 2 fully saturated rings. The van der Waals surface area contributed by atoms with Crippen molar-refractivity contribution < 1.29 is 29.0 Å². The number of hydrogen-bond acceptors (Lipinski definition) is 4. The molecule has 2 aromatic carbocycles. The van der Waals surface area contributed by atoms with Crippen LogP contribution in [0, 0.1) is 11.7 Å². The van der Waals surface area contributed by atoms with E-state index in [9.17, 15) is 18.8 Å². The van der Waals surface area contributed by atoms with Crippen LogP contribution in [0.5, 0.6) is 0 Å². The van der Waals surface area contributed by atoms with Gasteiger partial charge < -0.3 is 20.4 Å². The lowest BCUT2D eigenvalue weighted by Gasteiger charge is -2.36. The van der Waals surface area contributed by atoms with E-state index >= 15 is 0 Å². The van der Waals surface area contributed by atoms with Gasteiger partial charge in [-0.25, -0.2) is 14.0 Å². The monoisotopic (exact) mass is 510 g/mol. The number of piperidine rings is 1. The van der Waals surface area contributed by atoms with Crippen molar-refractivity contribution in [2.75, 3.05) is 19.6 Å². The molecule has 1 aliphatic heterocycles. The van der Waals surface area contributed by atoms with E-state index in [1.165, 1.54) is 17.7 Å². The standard InChI is InChI=1S/C25H31FN2O.C4H4O4/c26-23-10-8-22(9-11-23)25(15-4-5-16-25)27-24(29)21-13-18-28(19-14-21)17-12-20-6-2-1-3-7-20;5-3(6)1-2-4(7)8/h1-3,6-11,21H,4-5,12-19H2,(H,27,29);1-2H,(H,5,6)(H,7,8)/b;2-1+. The first kappa shape index (κ1) is 28.1. The Labute approximate surface area is 217 Å². The normalized spacial score (nSPS) is 17.6. The summed E-state index contributed by atoms with van der Waals surface area (Å²) in [5.74, 6) is -2.48. The Bertz CT molecular complexity index is 1040. The largest absolute Gasteiger partial charge is 0.478 e. The van der Waals surface area contributed by atoms with E-state index < -0.39 is 11.9 Å². The Morgan fingerprint density at radius 2 is 1.49 bits per heavy atom. The highest BCUT2D eigenvalue weighted by Crippen LogP contribution is 2.39. The SMILES string of the molecule is O=C(NC1(c2ccc(F)cc2)CCCC1)C1CCN(CCc2ccccc2)CC1.O=C(O)/C=C/C(=O)O. The van der Waals surface area contributed by atoms with Crippen molar-refractivity contribution in [1.29, 1.82) is 0 Å². The van der Waals surface area contributed by atoms with Crippen LogP contribution in [0.15, 0.2) is 66.7 Å². The van der Waals surface area contributed by atoms with Gasteiger partial charge in [0.25, 0.3) is 0 Å². The number of amides is 1. The molecular formula is C29H35FN2O5. The van der Waals surface area contributed by atoms with E-state index in [1.54, 1.807) is 0 Å². The Kier molecular flexibility index (Phi) is 10.4. The second-order valence-electron chi connectivity index (χ2n) is 9.65. The van der Waals surface area contributed by atoms with Crippen LogP contribution in [0.4, 0.5) is 4.39 Å². The number of likely N-dealkylation sites (tertiary alicyclic amines) is 1. The quantitative estimate of drug-likeness (QED) is 0.455. The summed E-state index contributed by atoms with van der Waals surface area (Å²) in [6, 6.07) is 17.3. The second kappa shape index (κ2) is 13.7. The van der Waals surface area contributed by atoms with Gasteiger partial charge in [0.15, 0.2) is 0 Å². The smallest absolute Gasteiger partial charge is 0.328 e. The molecule has 2 aromatic rings. The summed E-state index contributed by atoms with van der Waals surface area (Å²) in [6.07, 6.45) is 8.11. The van der Waals surface area contributed by atoms with Crippen molar-refractivity contribution in [3.05, 3.63) is 83.7 Å². The highest BCUT2D eigenvalue weighted by atomic mass is 19.1. The Morgan fingerprint density at radius 1 is 0.919 bits per heavy atom. The molecule has 0 atom stereocenters. The molecule has 7 nitrogen and oxygen atoms in total. The Balaban J connectivity index is 0.000000414. The Morgan fingerprint density at radius 3 is 2.03 bits per heavy atom. The lowest BCUT2D eigenvalue weighted by Crippen LogP contribution is -2.48. The van der Waals surface area contributed by atoms with E-state index in [0.29, 0.717) is 12.2 Å². The summed E-state index contributed by atoms with van der Waals surface area (Å²) in [5.41, 5.74) is 2.11. The molecular weight excluding hydrogens is 475 g/mol. The van der Waals surface area contributed by atoms with Gasteiger partial charge in [-0.05, 0) is 68.5 Å². The topological polar surface area (TPSA) is 107 Å². The fraction of sp³-hybridized carbons (Fsp3) is 0.414. The molecule has 3 N–H and O–H groups in total. The number of halogens is 1. The van der Waals surface area contributed by atoms with E-state index in [1.807, 2.05) is 12.1 Å². The van der Waals surface area contributed by atoms with Crippen molar-refractivity contribution >= 4 is 17.8 Å². The average molecular weight is 511 g/mol. The van der Waals surface area contributed by atoms with Crippen molar-refractivity contribution in [2.45, 2.75) is 50.5 Å². The number of benzene rings is 2. The number of carbonyl (C=O) groups excluding carboxylic acids is 1. The van der Waals surface area contributed by atoms with Gasteiger partial charge in [-0.1, -0.05) is 55.3 Å². The number of carbonyl (C=O) groups is 3. The molecule has 1 saturated carbocycles. The first-order valence-electron chi connectivity index (χ1n) is 12.8. The number of nitrogens with zero attached hydrogens (tertiary/aromatic N) is 1. The summed E-state index contributed by atoms with van der Waals surface area (Å²) < 4.78 is 13.4. The van der Waals surface area contributed by atoms with Crippen molar-refractivity contribution in [3.63, 3.8) is 0 Å². The minimum absolute atomic E-state index is 0.0842. The van der Waals surface area contributed by atoms with E-state index in [4.69, 9.17) is 10.2 Å². The van der Waals surface area contributed by atoms with Crippen LogP contribution < -0.4 is 5.32 Å². The zero-order valence-corrected chi connectivity index (χ0v) is 20.9. The molecule has 0 spiro atoms. The molecule has 37 heavy (non-hydrogen) atoms. The summed E-state index contributed by atoms with van der Waals surface area (Å²) in [7, 11) is 0. The van der Waals surface area contributed by atoms with Crippen LogP contribution in [0.2, 0.25) is 0 Å². The molecule has 1 amide bonds. The number of hydrogen-bond donors (Lipinski definition) is 3. The first-order chi connectivity index (χ1) is 17.8. The highest BCUT2D eigenvalue weighted by Gasteiger charge is 2.39. The minimum atomic E-state index is -1.26. The minimum Gasteiger partial charge on any atom is -0.478 e. The molecule has 0 aromatic heterocycles. The third kappa shape index (κ3) is 8.82. The third-order valence-corrected chi connectivity index (χ3v) is 7.10. The molecule has 198 valence electrons. The summed E-state index contributed by atoms with van der Waals surface area (Å²) in [4.78, 5) is 34.7. The lowest BCUT2D eigenvalue weighted by molar-refractivity contribution is -0.134. The van der Waals surface area contributed by atoms with E-state index in [2.05, 4.69) is 40.5 Å². The van der Waals surface area contributed by atoms with Gasteiger partial charge in [0, 0.05) is 24.6 Å². The van der Waals surface area contributed by atoms with E-state index in [0.717, 1.165) is 70.1 Å². The zero-order valence-electron chi connectivity index (χ0n) is 20.9. The summed E-state index contributed by atoms with van der Waals surface area (Å²) in [5, 5.41) is 19.0. The van der Waals surface area contributed by atoms with E-state index in [-0.39, 0.29) is 23.2 Å². The maximum atomic E-state index is 13.4. The molecule has 1 saturated heterocycles. The predicted octanol–water partition coefficient (Wildman–Crippen LogP) is 4.38. The molecule has 0 unspecified atom stereocenters. The zero-order chi connectivity index (χ0) is 26.7. The van der Waals surface area contributed by atoms with Gasteiger partial charge in [-0.15, -0.1) is 0 Å². The van der Waals surface area contributed by atoms with Crippen LogP contribution in [-0.4, -0.2) is 52.6 Å². The highest BCUT2D eigenvalue weighted by molar-refractivity contribution is 5.89. The van der Waals surface area contributed by atoms with Gasteiger partial charge in [-0.3, -0.25) is 4.79 Å². The summed E-state index contributed by atoms with van der Waals surface area (Å²) in [6.45, 7) is 3.01. The van der Waals surface area contributed by atoms with Gasteiger partial charge >= 0.3 is 11.9 Å². The summed E-state index contributed by atoms with van der Waals surface area (Å²) >= 11 is 0. The fourth-order valence-electron chi connectivity index (χ4n) is 5.06. The van der Waals surface area contributed by atoms with Crippen LogP contribution in [0.25, 0.3) is 0 Å². The predicted molar refractivity (Wildman–Crippen MR) is 138 cm³/mol. The van der Waals surface area contributed by atoms with Gasteiger partial charge in [0.1, 0.15) is 5.82 Å². The molecule has 0 bridgehead atoms. The first-order valence-corrected chi connectivity index (χ1v) is 12.8. The lowest BCUT2D eigenvalue weighted by atomic mass is 9.86. The van der Waals surface area contributed by atoms with Crippen molar-refractivity contribution in [2.24, 2.45) is 5.92 Å². The van der Waals surface area contributed by atoms with Crippen LogP contribution in [0.1, 0.15) is 49.7 Å². The third-order valence-electron chi connectivity index (χ3n) is 7.10. The number of carboxylic acid groups (broad SMARTS) is 2. The molecule has 1 aliphatic carbocycles. The van der Waals surface area contributed by atoms with Crippen molar-refractivity contribution in [1.82, 2.24) is 10.2 Å². The molecule has 4 rings (SSSR count). The van der Waals surface area contributed by atoms with Gasteiger partial charge in [0.05, 0.1) is 5.54 Å². The second-order valence-corrected chi connectivity index (χ2v) is 9.65. The molecule has 0 radical (unpaired) electrons. The van der Waals surface area contributed by atoms with Crippen molar-refractivity contribution in [3.8, 4) is 0 Å². The maximum absolute atomic E-state index is 13.4. The number of rotatable bonds is 8. The molecule has 1 heterocycles. The Hall–Kier alpha value is -3.52. The van der Waals surface area contributed by atoms with Gasteiger partial charge in [0.2, 0.25) is 5.91 Å². The van der Waals surface area contributed by atoms with Crippen LogP contribution >= 0.6 is 0 Å². The van der Waals surface area contributed by atoms with Crippen LogP contribution in [-0.2, 0) is 26.3 Å². The number of nitrogens with one attached hydrogen (secondary N) is 1. The maximum Gasteiger partial charge on any atom is 0.328 e.